The average molecular weight is 330 g/mol. The Bertz CT molecular complexity index is 597. The number of nitrogens with one attached hydrogen (secondary N) is 2. The maximum Gasteiger partial charge on any atom is 0.407 e. The monoisotopic (exact) mass is 330 g/mol. The molecule has 0 aliphatic heterocycles. The number of ether oxygens (including phenoxy) is 2. The van der Waals surface area contributed by atoms with Crippen molar-refractivity contribution in [3.05, 3.63) is 30.9 Å². The van der Waals surface area contributed by atoms with E-state index < -0.39 is 11.7 Å². The van der Waals surface area contributed by atoms with E-state index in [0.29, 0.717) is 36.5 Å². The van der Waals surface area contributed by atoms with Gasteiger partial charge in [0.15, 0.2) is 0 Å². The summed E-state index contributed by atoms with van der Waals surface area (Å²) in [6.07, 6.45) is 1.28. The van der Waals surface area contributed by atoms with Crippen LogP contribution in [0, 0.1) is 0 Å². The summed E-state index contributed by atoms with van der Waals surface area (Å²) >= 11 is 0. The first kappa shape index (κ1) is 19.6. The van der Waals surface area contributed by atoms with Crippen molar-refractivity contribution in [1.82, 2.24) is 5.32 Å². The Labute approximate surface area is 144 Å². The van der Waals surface area contributed by atoms with Gasteiger partial charge < -0.3 is 20.1 Å². The van der Waals surface area contributed by atoms with E-state index in [2.05, 4.69) is 17.2 Å². The second-order valence-corrected chi connectivity index (χ2v) is 6.08. The molecule has 0 aliphatic carbocycles. The van der Waals surface area contributed by atoms with Gasteiger partial charge in [-0.3, -0.25) is 4.79 Å². The number of benzene rings is 1. The minimum Gasteiger partial charge on any atom is -0.491 e. The van der Waals surface area contributed by atoms with Gasteiger partial charge >= 0.3 is 6.09 Å². The van der Waals surface area contributed by atoms with Crippen LogP contribution in [0.5, 0.6) is 5.75 Å². The molecular weight excluding hydrogens is 307 g/mol. The second-order valence-electron chi connectivity index (χ2n) is 6.08. The molecule has 0 bridgehead atoms. The lowest BCUT2D eigenvalue weighted by molar-refractivity contribution is -0.111. The lowest BCUT2D eigenvalue weighted by atomic mass is 9.95. The molecule has 0 aliphatic rings. The predicted molar refractivity (Wildman–Crippen MR) is 95.0 cm³/mol. The molecule has 7 heteroatoms. The first-order chi connectivity index (χ1) is 11.2. The highest BCUT2D eigenvalue weighted by Crippen LogP contribution is 2.22. The van der Waals surface area contributed by atoms with Gasteiger partial charge in [-0.1, -0.05) is 18.1 Å². The summed E-state index contributed by atoms with van der Waals surface area (Å²) in [7, 11) is 5.71. The summed E-state index contributed by atoms with van der Waals surface area (Å²) in [6.45, 7) is 9.58. The molecule has 24 heavy (non-hydrogen) atoms. The first-order valence-electron chi connectivity index (χ1n) is 7.64. The van der Waals surface area contributed by atoms with Crippen molar-refractivity contribution >= 4 is 31.0 Å². The van der Waals surface area contributed by atoms with Crippen LogP contribution < -0.4 is 20.8 Å². The van der Waals surface area contributed by atoms with Crippen LogP contribution in [0.15, 0.2) is 30.9 Å². The maximum atomic E-state index is 11.5. The van der Waals surface area contributed by atoms with Gasteiger partial charge in [0.1, 0.15) is 19.2 Å². The molecule has 0 spiro atoms. The third-order valence-electron chi connectivity index (χ3n) is 2.69. The summed E-state index contributed by atoms with van der Waals surface area (Å²) in [5.41, 5.74) is 0.455. The van der Waals surface area contributed by atoms with Gasteiger partial charge in [-0.05, 0) is 45.4 Å². The quantitative estimate of drug-likeness (QED) is 0.455. The number of alkyl carbamates (subject to hydrolysis) is 1. The van der Waals surface area contributed by atoms with Crippen molar-refractivity contribution in [3.63, 3.8) is 0 Å². The highest BCUT2D eigenvalue weighted by atomic mass is 16.6. The summed E-state index contributed by atoms with van der Waals surface area (Å²) in [5, 5.41) is 5.28. The SMILES string of the molecule is [B]c1ccc(OCCCNC(=O)OC(C)(C)C)c(NC(=O)C=C)c1. The molecule has 0 fully saturated rings. The molecule has 6 nitrogen and oxygen atoms in total. The molecule has 0 aromatic heterocycles. The molecule has 1 aromatic carbocycles. The fourth-order valence-electron chi connectivity index (χ4n) is 1.71. The molecule has 2 radical (unpaired) electrons. The number of carbonyl (C=O) groups excluding carboxylic acids is 2. The Morgan fingerprint density at radius 1 is 1.33 bits per heavy atom. The topological polar surface area (TPSA) is 76.7 Å². The number of amides is 2. The van der Waals surface area contributed by atoms with E-state index in [1.165, 1.54) is 0 Å². The molecule has 1 rings (SSSR count). The van der Waals surface area contributed by atoms with Gasteiger partial charge in [-0.2, -0.15) is 0 Å². The van der Waals surface area contributed by atoms with Gasteiger partial charge in [-0.25, -0.2) is 4.79 Å². The van der Waals surface area contributed by atoms with E-state index >= 15 is 0 Å². The highest BCUT2D eigenvalue weighted by molar-refractivity contribution is 6.32. The Kier molecular flexibility index (Phi) is 7.36. The summed E-state index contributed by atoms with van der Waals surface area (Å²) in [6, 6.07) is 4.96. The summed E-state index contributed by atoms with van der Waals surface area (Å²) in [5.74, 6) is 0.147. The van der Waals surface area contributed by atoms with Crippen molar-refractivity contribution in [2.75, 3.05) is 18.5 Å². The van der Waals surface area contributed by atoms with Crippen LogP contribution in [0.1, 0.15) is 27.2 Å². The molecule has 2 amide bonds. The first-order valence-corrected chi connectivity index (χ1v) is 7.64. The Hall–Kier alpha value is -2.44. The van der Waals surface area contributed by atoms with Crippen molar-refractivity contribution in [2.45, 2.75) is 32.8 Å². The Balaban J connectivity index is 2.43. The van der Waals surface area contributed by atoms with E-state index in [-0.39, 0.29) is 5.91 Å². The fourth-order valence-corrected chi connectivity index (χ4v) is 1.71. The minimum atomic E-state index is -0.525. The lowest BCUT2D eigenvalue weighted by Gasteiger charge is -2.19. The number of hydrogen-bond acceptors (Lipinski definition) is 4. The van der Waals surface area contributed by atoms with E-state index in [4.69, 9.17) is 17.3 Å². The molecule has 0 heterocycles. The van der Waals surface area contributed by atoms with E-state index in [9.17, 15) is 9.59 Å². The van der Waals surface area contributed by atoms with Gasteiger partial charge in [0.05, 0.1) is 12.3 Å². The number of carbonyl (C=O) groups is 2. The van der Waals surface area contributed by atoms with Crippen molar-refractivity contribution in [3.8, 4) is 5.75 Å². The summed E-state index contributed by atoms with van der Waals surface area (Å²) in [4.78, 5) is 22.9. The molecular formula is C17H23BN2O4. The number of hydrogen-bond donors (Lipinski definition) is 2. The smallest absolute Gasteiger partial charge is 0.407 e. The number of anilines is 1. The largest absolute Gasteiger partial charge is 0.491 e. The van der Waals surface area contributed by atoms with E-state index in [0.717, 1.165) is 6.08 Å². The molecule has 0 unspecified atom stereocenters. The van der Waals surface area contributed by atoms with Crippen LogP contribution in [0.2, 0.25) is 0 Å². The normalized spacial score (nSPS) is 10.6. The van der Waals surface area contributed by atoms with Crippen molar-refractivity contribution < 1.29 is 19.1 Å². The second kappa shape index (κ2) is 9.01. The standard InChI is InChI=1S/C17H23BN2O4/c1-5-15(21)20-13-11-12(18)7-8-14(13)23-10-6-9-19-16(22)24-17(2,3)4/h5,7-8,11H,1,6,9-10H2,2-4H3,(H,19,22)(H,20,21). The van der Waals surface area contributed by atoms with Crippen LogP contribution in [0.25, 0.3) is 0 Å². The average Bonchev–Trinajstić information content (AvgIpc) is 2.46. The number of rotatable bonds is 7. The van der Waals surface area contributed by atoms with Crippen molar-refractivity contribution in [1.29, 1.82) is 0 Å². The zero-order valence-corrected chi connectivity index (χ0v) is 14.3. The molecule has 0 atom stereocenters. The third-order valence-corrected chi connectivity index (χ3v) is 2.69. The van der Waals surface area contributed by atoms with Crippen LogP contribution in [0.4, 0.5) is 10.5 Å². The molecule has 0 saturated heterocycles. The minimum absolute atomic E-state index is 0.350. The van der Waals surface area contributed by atoms with Crippen LogP contribution in [-0.2, 0) is 9.53 Å². The Morgan fingerprint density at radius 3 is 2.67 bits per heavy atom. The van der Waals surface area contributed by atoms with Crippen LogP contribution in [0.3, 0.4) is 0 Å². The van der Waals surface area contributed by atoms with Crippen molar-refractivity contribution in [2.24, 2.45) is 0 Å². The fraction of sp³-hybridized carbons (Fsp3) is 0.412. The molecule has 128 valence electrons. The molecule has 0 saturated carbocycles. The van der Waals surface area contributed by atoms with Gasteiger partial charge in [-0.15, -0.1) is 0 Å². The predicted octanol–water partition coefficient (Wildman–Crippen LogP) is 1.90. The summed E-state index contributed by atoms with van der Waals surface area (Å²) < 4.78 is 10.8. The lowest BCUT2D eigenvalue weighted by Crippen LogP contribution is -2.33. The zero-order valence-electron chi connectivity index (χ0n) is 14.3. The molecule has 1 aromatic rings. The van der Waals surface area contributed by atoms with Gasteiger partial charge in [0.2, 0.25) is 5.91 Å². The molecule has 2 N–H and O–H groups in total. The highest BCUT2D eigenvalue weighted by Gasteiger charge is 2.15. The maximum absolute atomic E-state index is 11.5. The zero-order chi connectivity index (χ0) is 18.2. The van der Waals surface area contributed by atoms with E-state index in [1.54, 1.807) is 39.0 Å². The van der Waals surface area contributed by atoms with Gasteiger partial charge in [0, 0.05) is 6.54 Å². The van der Waals surface area contributed by atoms with Gasteiger partial charge in [0.25, 0.3) is 0 Å². The third kappa shape index (κ3) is 7.71. The van der Waals surface area contributed by atoms with Crippen LogP contribution >= 0.6 is 0 Å². The van der Waals surface area contributed by atoms with E-state index in [1.807, 2.05) is 0 Å². The Morgan fingerprint density at radius 2 is 2.04 bits per heavy atom. The van der Waals surface area contributed by atoms with Crippen LogP contribution in [-0.4, -0.2) is 38.6 Å².